The van der Waals surface area contributed by atoms with Crippen molar-refractivity contribution in [3.05, 3.63) is 65.7 Å². The normalized spacial score (nSPS) is 16.6. The molecule has 1 heterocycles. The lowest BCUT2D eigenvalue weighted by atomic mass is 9.96. The number of guanidine groups is 1. The number of nitrogens with one attached hydrogen (secondary N) is 2. The van der Waals surface area contributed by atoms with E-state index in [-0.39, 0.29) is 6.04 Å². The molecule has 1 atom stereocenters. The van der Waals surface area contributed by atoms with Crippen molar-refractivity contribution in [1.82, 2.24) is 5.32 Å². The molecule has 0 radical (unpaired) electrons. The summed E-state index contributed by atoms with van der Waals surface area (Å²) in [6.45, 7) is 0. The Hall–Kier alpha value is -2.80. The highest BCUT2D eigenvalue weighted by atomic mass is 15.2. The third-order valence-corrected chi connectivity index (χ3v) is 3.06. The smallest absolute Gasteiger partial charge is 0.210 e. The molecule has 2 aromatic carbocycles. The number of aliphatic imine (C=N–C) groups is 1. The molecule has 1 aliphatic heterocycles. The summed E-state index contributed by atoms with van der Waals surface area (Å²) in [6.07, 6.45) is 1.90. The SMILES string of the molecule is N#CNC1=NC(c2ccccc2)c2ccccc2N1. The van der Waals surface area contributed by atoms with Gasteiger partial charge in [-0.05, 0) is 11.6 Å². The molecule has 4 nitrogen and oxygen atoms in total. The Morgan fingerprint density at radius 2 is 1.79 bits per heavy atom. The van der Waals surface area contributed by atoms with Crippen LogP contribution in [-0.2, 0) is 0 Å². The van der Waals surface area contributed by atoms with E-state index in [1.807, 2.05) is 60.8 Å². The molecule has 4 heteroatoms. The second-order valence-electron chi connectivity index (χ2n) is 4.24. The molecule has 1 aliphatic rings. The van der Waals surface area contributed by atoms with E-state index in [0.29, 0.717) is 5.96 Å². The standard InChI is InChI=1S/C15H12N4/c16-10-17-15-18-13-9-5-4-8-12(13)14(19-15)11-6-2-1-3-7-11/h1-9,14H,(H2,17,18,19). The zero-order chi connectivity index (χ0) is 13.1. The number of fused-ring (bicyclic) bond motifs is 1. The molecule has 0 saturated heterocycles. The Bertz CT molecular complexity index is 655. The van der Waals surface area contributed by atoms with Crippen LogP contribution in [-0.4, -0.2) is 5.96 Å². The number of anilines is 1. The van der Waals surface area contributed by atoms with E-state index in [4.69, 9.17) is 5.26 Å². The predicted octanol–water partition coefficient (Wildman–Crippen LogP) is 2.63. The molecule has 1 unspecified atom stereocenters. The van der Waals surface area contributed by atoms with E-state index < -0.39 is 0 Å². The number of nitrogens with zero attached hydrogens (tertiary/aromatic N) is 2. The van der Waals surface area contributed by atoms with Gasteiger partial charge < -0.3 is 5.32 Å². The number of nitriles is 1. The number of hydrogen-bond donors (Lipinski definition) is 2. The molecule has 0 aromatic heterocycles. The van der Waals surface area contributed by atoms with Gasteiger partial charge in [0.15, 0.2) is 6.19 Å². The molecule has 92 valence electrons. The van der Waals surface area contributed by atoms with Gasteiger partial charge in [0, 0.05) is 11.3 Å². The van der Waals surface area contributed by atoms with Gasteiger partial charge in [-0.3, -0.25) is 5.32 Å². The second-order valence-corrected chi connectivity index (χ2v) is 4.24. The average Bonchev–Trinajstić information content (AvgIpc) is 2.48. The lowest BCUT2D eigenvalue weighted by molar-refractivity contribution is 0.852. The number of rotatable bonds is 1. The monoisotopic (exact) mass is 248 g/mol. The van der Waals surface area contributed by atoms with Crippen molar-refractivity contribution in [2.45, 2.75) is 6.04 Å². The van der Waals surface area contributed by atoms with Gasteiger partial charge >= 0.3 is 0 Å². The van der Waals surface area contributed by atoms with Gasteiger partial charge in [0.2, 0.25) is 5.96 Å². The van der Waals surface area contributed by atoms with Crippen LogP contribution in [0.4, 0.5) is 5.69 Å². The van der Waals surface area contributed by atoms with Crippen LogP contribution >= 0.6 is 0 Å². The third-order valence-electron chi connectivity index (χ3n) is 3.06. The van der Waals surface area contributed by atoms with Crippen LogP contribution in [0.2, 0.25) is 0 Å². The zero-order valence-corrected chi connectivity index (χ0v) is 10.2. The van der Waals surface area contributed by atoms with Crippen LogP contribution < -0.4 is 10.6 Å². The first kappa shape index (κ1) is 11.3. The minimum atomic E-state index is -0.0884. The minimum Gasteiger partial charge on any atom is -0.325 e. The predicted molar refractivity (Wildman–Crippen MR) is 74.5 cm³/mol. The largest absolute Gasteiger partial charge is 0.325 e. The summed E-state index contributed by atoms with van der Waals surface area (Å²) in [5.74, 6) is 0.482. The van der Waals surface area contributed by atoms with Gasteiger partial charge in [-0.1, -0.05) is 48.5 Å². The number of benzene rings is 2. The molecular weight excluding hydrogens is 236 g/mol. The molecule has 2 aromatic rings. The summed E-state index contributed by atoms with van der Waals surface area (Å²) >= 11 is 0. The molecule has 19 heavy (non-hydrogen) atoms. The molecule has 2 N–H and O–H groups in total. The first-order valence-corrected chi connectivity index (χ1v) is 6.02. The highest BCUT2D eigenvalue weighted by Crippen LogP contribution is 2.34. The first-order valence-electron chi connectivity index (χ1n) is 6.02. The van der Waals surface area contributed by atoms with Gasteiger partial charge in [0.25, 0.3) is 0 Å². The van der Waals surface area contributed by atoms with Gasteiger partial charge in [-0.15, -0.1) is 0 Å². The fraction of sp³-hybridized carbons (Fsp3) is 0.0667. The molecule has 0 amide bonds. The van der Waals surface area contributed by atoms with E-state index >= 15 is 0 Å². The summed E-state index contributed by atoms with van der Waals surface area (Å²) in [5.41, 5.74) is 3.19. The van der Waals surface area contributed by atoms with E-state index in [1.165, 1.54) is 0 Å². The number of hydrogen-bond acceptors (Lipinski definition) is 4. The van der Waals surface area contributed by atoms with E-state index in [9.17, 15) is 0 Å². The summed E-state index contributed by atoms with van der Waals surface area (Å²) in [4.78, 5) is 4.56. The second kappa shape index (κ2) is 4.83. The van der Waals surface area contributed by atoms with Crippen LogP contribution in [0.25, 0.3) is 0 Å². The maximum absolute atomic E-state index is 8.74. The van der Waals surface area contributed by atoms with E-state index in [1.54, 1.807) is 0 Å². The quantitative estimate of drug-likeness (QED) is 0.602. The molecule has 0 spiro atoms. The topological polar surface area (TPSA) is 60.2 Å². The van der Waals surface area contributed by atoms with E-state index in [0.717, 1.165) is 16.8 Å². The van der Waals surface area contributed by atoms with Crippen LogP contribution in [0, 0.1) is 11.5 Å². The van der Waals surface area contributed by atoms with Crippen molar-refractivity contribution in [3.63, 3.8) is 0 Å². The highest BCUT2D eigenvalue weighted by Gasteiger charge is 2.22. The van der Waals surface area contributed by atoms with Crippen molar-refractivity contribution >= 4 is 11.6 Å². The van der Waals surface area contributed by atoms with Crippen molar-refractivity contribution in [1.29, 1.82) is 5.26 Å². The summed E-state index contributed by atoms with van der Waals surface area (Å²) < 4.78 is 0. The van der Waals surface area contributed by atoms with E-state index in [2.05, 4.69) is 15.6 Å². The van der Waals surface area contributed by atoms with Crippen molar-refractivity contribution in [2.24, 2.45) is 4.99 Å². The summed E-state index contributed by atoms with van der Waals surface area (Å²) in [5, 5.41) is 14.4. The Morgan fingerprint density at radius 3 is 2.58 bits per heavy atom. The van der Waals surface area contributed by atoms with Crippen LogP contribution in [0.5, 0.6) is 0 Å². The van der Waals surface area contributed by atoms with Crippen LogP contribution in [0.3, 0.4) is 0 Å². The Balaban J connectivity index is 2.09. The Morgan fingerprint density at radius 1 is 1.05 bits per heavy atom. The zero-order valence-electron chi connectivity index (χ0n) is 10.2. The molecule has 0 aliphatic carbocycles. The van der Waals surface area contributed by atoms with Crippen molar-refractivity contribution in [2.75, 3.05) is 5.32 Å². The molecule has 0 bridgehead atoms. The number of para-hydroxylation sites is 1. The minimum absolute atomic E-state index is 0.0884. The fourth-order valence-electron chi connectivity index (χ4n) is 2.21. The fourth-order valence-corrected chi connectivity index (χ4v) is 2.21. The van der Waals surface area contributed by atoms with Gasteiger partial charge in [-0.25, -0.2) is 4.99 Å². The Kier molecular flexibility index (Phi) is 2.87. The lowest BCUT2D eigenvalue weighted by Gasteiger charge is -2.24. The summed E-state index contributed by atoms with van der Waals surface area (Å²) in [6, 6.07) is 18.0. The molecule has 0 saturated carbocycles. The average molecular weight is 248 g/mol. The van der Waals surface area contributed by atoms with Gasteiger partial charge in [0.05, 0.1) is 0 Å². The third kappa shape index (κ3) is 2.14. The lowest BCUT2D eigenvalue weighted by Crippen LogP contribution is -2.31. The molecular formula is C15H12N4. The Labute approximate surface area is 111 Å². The maximum Gasteiger partial charge on any atom is 0.210 e. The molecule has 3 rings (SSSR count). The van der Waals surface area contributed by atoms with Gasteiger partial charge in [0.1, 0.15) is 6.04 Å². The van der Waals surface area contributed by atoms with Gasteiger partial charge in [-0.2, -0.15) is 5.26 Å². The van der Waals surface area contributed by atoms with Crippen molar-refractivity contribution < 1.29 is 0 Å². The van der Waals surface area contributed by atoms with Crippen molar-refractivity contribution in [3.8, 4) is 6.19 Å². The van der Waals surface area contributed by atoms with Crippen LogP contribution in [0.1, 0.15) is 17.2 Å². The van der Waals surface area contributed by atoms with Crippen LogP contribution in [0.15, 0.2) is 59.6 Å². The first-order chi connectivity index (χ1) is 9.38. The maximum atomic E-state index is 8.74. The summed E-state index contributed by atoms with van der Waals surface area (Å²) in [7, 11) is 0. The molecule has 0 fully saturated rings. The highest BCUT2D eigenvalue weighted by molar-refractivity contribution is 5.97.